The van der Waals surface area contributed by atoms with E-state index >= 15 is 0 Å². The number of benzene rings is 2. The van der Waals surface area contributed by atoms with E-state index in [1.165, 1.54) is 0 Å². The number of methoxy groups -OCH3 is 1. The van der Waals surface area contributed by atoms with Gasteiger partial charge in [-0.25, -0.2) is 5.43 Å². The van der Waals surface area contributed by atoms with Crippen LogP contribution in [0.15, 0.2) is 53.6 Å². The molecule has 156 valence electrons. The normalized spacial score (nSPS) is 11.0. The van der Waals surface area contributed by atoms with E-state index < -0.39 is 0 Å². The molecule has 0 fully saturated rings. The molecule has 0 aliphatic heterocycles. The molecule has 2 aromatic carbocycles. The maximum absolute atomic E-state index is 12.0. The Kier molecular flexibility index (Phi) is 7.03. The van der Waals surface area contributed by atoms with Crippen molar-refractivity contribution in [2.24, 2.45) is 5.10 Å². The van der Waals surface area contributed by atoms with Gasteiger partial charge >= 0.3 is 0 Å². The van der Waals surface area contributed by atoms with E-state index in [1.54, 1.807) is 37.6 Å². The summed E-state index contributed by atoms with van der Waals surface area (Å²) in [5.74, 6) is 0.670. The molecule has 1 amide bonds. The Bertz CT molecular complexity index is 1090. The predicted molar refractivity (Wildman–Crippen MR) is 119 cm³/mol. The van der Waals surface area contributed by atoms with Crippen molar-refractivity contribution < 1.29 is 14.3 Å². The van der Waals surface area contributed by atoms with Crippen LogP contribution in [0, 0.1) is 13.8 Å². The van der Waals surface area contributed by atoms with Crippen LogP contribution in [-0.4, -0.2) is 30.4 Å². The Morgan fingerprint density at radius 1 is 1.10 bits per heavy atom. The summed E-state index contributed by atoms with van der Waals surface area (Å²) in [6.45, 7) is 3.76. The fourth-order valence-corrected chi connectivity index (χ4v) is 3.32. The third kappa shape index (κ3) is 4.96. The number of aromatic nitrogens is 1. The average molecular weight is 446 g/mol. The molecule has 0 radical (unpaired) electrons. The first-order chi connectivity index (χ1) is 14.4. The summed E-state index contributed by atoms with van der Waals surface area (Å²) in [7, 11) is 1.54. The van der Waals surface area contributed by atoms with E-state index in [0.717, 1.165) is 22.6 Å². The minimum atomic E-state index is -0.379. The average Bonchev–Trinajstić information content (AvgIpc) is 3.02. The number of ether oxygens (including phenoxy) is 2. The summed E-state index contributed by atoms with van der Waals surface area (Å²) >= 11 is 12.2. The standard InChI is InChI=1S/C22H21Cl2N3O3/c1-14-10-16(15(2)27(14)17-8-9-18(23)19(24)11-17)12-25-26-22(28)13-30-21-7-5-4-6-20(21)29-3/h4-12H,13H2,1-3H3,(H,26,28)/b25-12-. The highest BCUT2D eigenvalue weighted by molar-refractivity contribution is 6.42. The zero-order chi connectivity index (χ0) is 21.7. The lowest BCUT2D eigenvalue weighted by Crippen LogP contribution is -2.24. The van der Waals surface area contributed by atoms with Gasteiger partial charge < -0.3 is 14.0 Å². The molecule has 1 heterocycles. The molecule has 0 saturated carbocycles. The van der Waals surface area contributed by atoms with Crippen LogP contribution in [0.25, 0.3) is 5.69 Å². The molecule has 0 saturated heterocycles. The van der Waals surface area contributed by atoms with Crippen molar-refractivity contribution in [3.8, 4) is 17.2 Å². The Morgan fingerprint density at radius 2 is 1.83 bits per heavy atom. The van der Waals surface area contributed by atoms with Crippen molar-refractivity contribution in [3.63, 3.8) is 0 Å². The number of nitrogens with zero attached hydrogens (tertiary/aromatic N) is 2. The SMILES string of the molecule is COc1ccccc1OCC(=O)N/N=C\c1cc(C)n(-c2ccc(Cl)c(Cl)c2)c1C. The molecular formula is C22H21Cl2N3O3. The number of nitrogens with one attached hydrogen (secondary N) is 1. The van der Waals surface area contributed by atoms with E-state index in [2.05, 4.69) is 10.5 Å². The van der Waals surface area contributed by atoms with Crippen LogP contribution < -0.4 is 14.9 Å². The van der Waals surface area contributed by atoms with E-state index in [-0.39, 0.29) is 12.5 Å². The molecule has 3 rings (SSSR count). The molecule has 0 spiro atoms. The zero-order valence-corrected chi connectivity index (χ0v) is 18.3. The fraction of sp³-hybridized carbons (Fsp3) is 0.182. The quantitative estimate of drug-likeness (QED) is 0.413. The van der Waals surface area contributed by atoms with Crippen molar-refractivity contribution in [3.05, 3.63) is 75.5 Å². The number of para-hydroxylation sites is 2. The molecule has 0 unspecified atom stereocenters. The van der Waals surface area contributed by atoms with Gasteiger partial charge in [0, 0.05) is 22.6 Å². The second kappa shape index (κ2) is 9.69. The minimum Gasteiger partial charge on any atom is -0.493 e. The maximum Gasteiger partial charge on any atom is 0.277 e. The Balaban J connectivity index is 1.65. The molecule has 1 N–H and O–H groups in total. The highest BCUT2D eigenvalue weighted by atomic mass is 35.5. The van der Waals surface area contributed by atoms with Crippen molar-refractivity contribution >= 4 is 35.3 Å². The number of carbonyl (C=O) groups excluding carboxylic acids is 1. The monoisotopic (exact) mass is 445 g/mol. The summed E-state index contributed by atoms with van der Waals surface area (Å²) in [5, 5.41) is 5.03. The number of rotatable bonds is 7. The van der Waals surface area contributed by atoms with Crippen molar-refractivity contribution in [2.75, 3.05) is 13.7 Å². The van der Waals surface area contributed by atoms with Crippen molar-refractivity contribution in [1.82, 2.24) is 9.99 Å². The summed E-state index contributed by atoms with van der Waals surface area (Å²) < 4.78 is 12.7. The van der Waals surface area contributed by atoms with E-state index in [4.69, 9.17) is 32.7 Å². The number of amides is 1. The van der Waals surface area contributed by atoms with Gasteiger partial charge in [0.15, 0.2) is 18.1 Å². The Hall–Kier alpha value is -2.96. The van der Waals surface area contributed by atoms with Gasteiger partial charge in [-0.15, -0.1) is 0 Å². The van der Waals surface area contributed by atoms with Crippen LogP contribution in [-0.2, 0) is 4.79 Å². The van der Waals surface area contributed by atoms with Crippen LogP contribution >= 0.6 is 23.2 Å². The number of halogens is 2. The number of hydrazone groups is 1. The third-order valence-electron chi connectivity index (χ3n) is 4.45. The van der Waals surface area contributed by atoms with Crippen LogP contribution in [0.2, 0.25) is 10.0 Å². The molecule has 30 heavy (non-hydrogen) atoms. The van der Waals surface area contributed by atoms with Crippen LogP contribution in [0.1, 0.15) is 17.0 Å². The number of hydrogen-bond acceptors (Lipinski definition) is 4. The highest BCUT2D eigenvalue weighted by Gasteiger charge is 2.11. The van der Waals surface area contributed by atoms with Crippen LogP contribution in [0.4, 0.5) is 0 Å². The van der Waals surface area contributed by atoms with E-state index in [9.17, 15) is 4.79 Å². The van der Waals surface area contributed by atoms with Crippen molar-refractivity contribution in [1.29, 1.82) is 0 Å². The van der Waals surface area contributed by atoms with Gasteiger partial charge in [0.2, 0.25) is 0 Å². The Labute approximate surface area is 185 Å². The van der Waals surface area contributed by atoms with Gasteiger partial charge in [-0.2, -0.15) is 5.10 Å². The first kappa shape index (κ1) is 21.7. The van der Waals surface area contributed by atoms with Gasteiger partial charge in [0.1, 0.15) is 0 Å². The zero-order valence-electron chi connectivity index (χ0n) is 16.8. The second-order valence-electron chi connectivity index (χ2n) is 6.49. The Morgan fingerprint density at radius 3 is 2.53 bits per heavy atom. The molecule has 3 aromatic rings. The maximum atomic E-state index is 12.0. The van der Waals surface area contributed by atoms with Gasteiger partial charge in [-0.1, -0.05) is 35.3 Å². The number of aryl methyl sites for hydroxylation is 1. The molecule has 0 atom stereocenters. The molecular weight excluding hydrogens is 425 g/mol. The summed E-state index contributed by atoms with van der Waals surface area (Å²) in [4.78, 5) is 12.0. The summed E-state index contributed by atoms with van der Waals surface area (Å²) in [5.41, 5.74) is 6.18. The summed E-state index contributed by atoms with van der Waals surface area (Å²) in [6.07, 6.45) is 1.59. The topological polar surface area (TPSA) is 64.8 Å². The molecule has 6 nitrogen and oxygen atoms in total. The first-order valence-electron chi connectivity index (χ1n) is 9.12. The molecule has 0 aliphatic carbocycles. The minimum absolute atomic E-state index is 0.181. The fourth-order valence-electron chi connectivity index (χ4n) is 3.03. The number of hydrogen-bond donors (Lipinski definition) is 1. The van der Waals surface area contributed by atoms with Gasteiger partial charge in [0.25, 0.3) is 5.91 Å². The predicted octanol–water partition coefficient (Wildman–Crippen LogP) is 4.94. The van der Waals surface area contributed by atoms with E-state index in [0.29, 0.717) is 21.5 Å². The van der Waals surface area contributed by atoms with Gasteiger partial charge in [-0.3, -0.25) is 4.79 Å². The molecule has 0 bridgehead atoms. The van der Waals surface area contributed by atoms with E-state index in [1.807, 2.05) is 42.7 Å². The highest BCUT2D eigenvalue weighted by Crippen LogP contribution is 2.27. The first-order valence-corrected chi connectivity index (χ1v) is 9.88. The lowest BCUT2D eigenvalue weighted by molar-refractivity contribution is -0.123. The molecule has 8 heteroatoms. The lowest BCUT2D eigenvalue weighted by atomic mass is 10.2. The van der Waals surface area contributed by atoms with Gasteiger partial charge in [0.05, 0.1) is 23.4 Å². The van der Waals surface area contributed by atoms with Crippen LogP contribution in [0.3, 0.4) is 0 Å². The van der Waals surface area contributed by atoms with Gasteiger partial charge in [-0.05, 0) is 50.2 Å². The van der Waals surface area contributed by atoms with Crippen LogP contribution in [0.5, 0.6) is 11.5 Å². The lowest BCUT2D eigenvalue weighted by Gasteiger charge is -2.10. The smallest absolute Gasteiger partial charge is 0.277 e. The summed E-state index contributed by atoms with van der Waals surface area (Å²) in [6, 6.07) is 14.5. The molecule has 0 aliphatic rings. The number of carbonyl (C=O) groups is 1. The largest absolute Gasteiger partial charge is 0.493 e. The second-order valence-corrected chi connectivity index (χ2v) is 7.31. The molecule has 1 aromatic heterocycles. The van der Waals surface area contributed by atoms with Crippen molar-refractivity contribution in [2.45, 2.75) is 13.8 Å². The third-order valence-corrected chi connectivity index (χ3v) is 5.19.